The van der Waals surface area contributed by atoms with Gasteiger partial charge < -0.3 is 15.1 Å². The maximum absolute atomic E-state index is 12.5. The first-order valence-electron chi connectivity index (χ1n) is 11.5. The molecule has 0 bridgehead atoms. The number of furan rings is 1. The molecule has 35 heavy (non-hydrogen) atoms. The van der Waals surface area contributed by atoms with Gasteiger partial charge >= 0.3 is 0 Å². The van der Waals surface area contributed by atoms with Crippen LogP contribution in [0.5, 0.6) is 0 Å². The summed E-state index contributed by atoms with van der Waals surface area (Å²) in [6.45, 7) is 5.09. The fourth-order valence-electron chi connectivity index (χ4n) is 3.86. The molecule has 5 rings (SSSR count). The highest BCUT2D eigenvalue weighted by Crippen LogP contribution is 2.42. The molecule has 3 heterocycles. The average molecular weight is 464 g/mol. The Labute approximate surface area is 203 Å². The summed E-state index contributed by atoms with van der Waals surface area (Å²) < 4.78 is 6.29. The van der Waals surface area contributed by atoms with Crippen LogP contribution in [0.2, 0.25) is 0 Å². The molecule has 7 heteroatoms. The van der Waals surface area contributed by atoms with Crippen molar-refractivity contribution in [2.75, 3.05) is 17.2 Å². The summed E-state index contributed by atoms with van der Waals surface area (Å²) >= 11 is 0. The molecule has 0 fully saturated rings. The second-order valence-electron chi connectivity index (χ2n) is 8.62. The van der Waals surface area contributed by atoms with Gasteiger partial charge in [-0.2, -0.15) is 0 Å². The van der Waals surface area contributed by atoms with Gasteiger partial charge in [0, 0.05) is 35.8 Å². The number of fused-ring (bicyclic) bond motifs is 1. The molecule has 1 amide bonds. The quantitative estimate of drug-likeness (QED) is 0.295. The Morgan fingerprint density at radius 2 is 1.74 bits per heavy atom. The number of carbonyl (C=O) groups is 1. The summed E-state index contributed by atoms with van der Waals surface area (Å²) in [5.41, 5.74) is 4.52. The lowest BCUT2D eigenvalue weighted by Crippen LogP contribution is -2.11. The Balaban J connectivity index is 1.55. The van der Waals surface area contributed by atoms with Crippen molar-refractivity contribution >= 4 is 28.5 Å². The lowest BCUT2D eigenvalue weighted by atomic mass is 9.99. The third-order valence-electron chi connectivity index (χ3n) is 5.56. The number of anilines is 2. The third kappa shape index (κ3) is 4.75. The van der Waals surface area contributed by atoms with Crippen LogP contribution in [0.25, 0.3) is 33.6 Å². The maximum atomic E-state index is 12.5. The van der Waals surface area contributed by atoms with E-state index in [1.807, 2.05) is 42.5 Å². The number of carbonyl (C=O) groups excluding carboxylic acids is 1. The summed E-state index contributed by atoms with van der Waals surface area (Å²) in [7, 11) is 0. The molecule has 0 saturated heterocycles. The van der Waals surface area contributed by atoms with Gasteiger partial charge in [-0.25, -0.2) is 9.97 Å². The summed E-state index contributed by atoms with van der Waals surface area (Å²) in [6, 6.07) is 21.1. The number of amides is 1. The molecule has 0 spiro atoms. The number of pyridine rings is 1. The van der Waals surface area contributed by atoms with E-state index in [0.29, 0.717) is 28.6 Å². The highest BCUT2D eigenvalue weighted by atomic mass is 16.3. The fraction of sp³-hybridized carbons (Fsp3) is 0.143. The second kappa shape index (κ2) is 9.77. The van der Waals surface area contributed by atoms with Gasteiger partial charge in [0.1, 0.15) is 17.9 Å². The minimum atomic E-state index is -0.212. The number of rotatable bonds is 7. The van der Waals surface area contributed by atoms with Gasteiger partial charge in [-0.15, -0.1) is 0 Å². The van der Waals surface area contributed by atoms with Gasteiger partial charge in [0.2, 0.25) is 5.71 Å². The standard InChI is InChI=1S/C28H25N5O2/c1-18(2)15-30-26-24-23(19-7-4-3-5-8-19)25(35-28(24)32-17-31-26)20-10-12-22(13-11-20)33-27(34)21-9-6-14-29-16-21/h3-14,16-18H,15H2,1-2H3,(H,33,34)(H,30,31,32). The van der Waals surface area contributed by atoms with E-state index in [1.54, 1.807) is 18.3 Å². The summed E-state index contributed by atoms with van der Waals surface area (Å²) in [5, 5.41) is 7.20. The van der Waals surface area contributed by atoms with E-state index in [9.17, 15) is 4.79 Å². The van der Waals surface area contributed by atoms with Gasteiger partial charge in [0.15, 0.2) is 0 Å². The van der Waals surface area contributed by atoms with Crippen LogP contribution in [-0.2, 0) is 0 Å². The van der Waals surface area contributed by atoms with Crippen molar-refractivity contribution in [2.45, 2.75) is 13.8 Å². The van der Waals surface area contributed by atoms with Crippen molar-refractivity contribution in [2.24, 2.45) is 5.92 Å². The topological polar surface area (TPSA) is 92.9 Å². The minimum absolute atomic E-state index is 0.212. The SMILES string of the molecule is CC(C)CNc1ncnc2oc(-c3ccc(NC(=O)c4cccnc4)cc3)c(-c3ccccc3)c12. The maximum Gasteiger partial charge on any atom is 0.257 e. The zero-order valence-corrected chi connectivity index (χ0v) is 19.5. The molecule has 2 N–H and O–H groups in total. The second-order valence-corrected chi connectivity index (χ2v) is 8.62. The molecule has 174 valence electrons. The van der Waals surface area contributed by atoms with Crippen molar-refractivity contribution in [3.05, 3.63) is 91.0 Å². The molecule has 0 atom stereocenters. The monoisotopic (exact) mass is 463 g/mol. The van der Waals surface area contributed by atoms with E-state index in [-0.39, 0.29) is 5.91 Å². The molecule has 2 aromatic carbocycles. The smallest absolute Gasteiger partial charge is 0.257 e. The van der Waals surface area contributed by atoms with E-state index >= 15 is 0 Å². The Morgan fingerprint density at radius 1 is 0.943 bits per heavy atom. The zero-order chi connectivity index (χ0) is 24.2. The van der Waals surface area contributed by atoms with Crippen LogP contribution in [0.15, 0.2) is 89.9 Å². The lowest BCUT2D eigenvalue weighted by molar-refractivity contribution is 0.102. The molecule has 7 nitrogen and oxygen atoms in total. The molecule has 0 unspecified atom stereocenters. The molecule has 0 saturated carbocycles. The van der Waals surface area contributed by atoms with Crippen LogP contribution in [0.3, 0.4) is 0 Å². The normalized spacial score (nSPS) is 11.1. The van der Waals surface area contributed by atoms with Gasteiger partial charge in [-0.05, 0) is 47.9 Å². The highest BCUT2D eigenvalue weighted by Gasteiger charge is 2.22. The number of hydrogen-bond donors (Lipinski definition) is 2. The number of aromatic nitrogens is 3. The van der Waals surface area contributed by atoms with Gasteiger partial charge in [0.25, 0.3) is 5.91 Å². The zero-order valence-electron chi connectivity index (χ0n) is 19.5. The summed E-state index contributed by atoms with van der Waals surface area (Å²) in [5.74, 6) is 1.69. The average Bonchev–Trinajstić information content (AvgIpc) is 3.29. The van der Waals surface area contributed by atoms with Crippen LogP contribution in [0.4, 0.5) is 11.5 Å². The Hall–Kier alpha value is -4.52. The van der Waals surface area contributed by atoms with E-state index in [1.165, 1.54) is 12.5 Å². The predicted octanol–water partition coefficient (Wildman–Crippen LogP) is 6.27. The van der Waals surface area contributed by atoms with E-state index in [0.717, 1.165) is 34.4 Å². The molecular formula is C28H25N5O2. The highest BCUT2D eigenvalue weighted by molar-refractivity contribution is 6.06. The van der Waals surface area contributed by atoms with E-state index in [4.69, 9.17) is 4.42 Å². The molecular weight excluding hydrogens is 438 g/mol. The van der Waals surface area contributed by atoms with Crippen LogP contribution < -0.4 is 10.6 Å². The minimum Gasteiger partial charge on any atom is -0.437 e. The van der Waals surface area contributed by atoms with Crippen LogP contribution in [0.1, 0.15) is 24.2 Å². The lowest BCUT2D eigenvalue weighted by Gasteiger charge is -2.10. The fourth-order valence-corrected chi connectivity index (χ4v) is 3.86. The first kappa shape index (κ1) is 22.3. The Kier molecular flexibility index (Phi) is 6.22. The largest absolute Gasteiger partial charge is 0.437 e. The van der Waals surface area contributed by atoms with Gasteiger partial charge in [-0.3, -0.25) is 9.78 Å². The molecule has 0 aliphatic carbocycles. The number of nitrogens with one attached hydrogen (secondary N) is 2. The summed E-state index contributed by atoms with van der Waals surface area (Å²) in [4.78, 5) is 25.4. The molecule has 5 aromatic rings. The summed E-state index contributed by atoms with van der Waals surface area (Å²) in [6.07, 6.45) is 4.69. The Morgan fingerprint density at radius 3 is 2.46 bits per heavy atom. The van der Waals surface area contributed by atoms with Crippen LogP contribution >= 0.6 is 0 Å². The predicted molar refractivity (Wildman–Crippen MR) is 138 cm³/mol. The molecule has 0 aliphatic heterocycles. The van der Waals surface area contributed by atoms with Crippen LogP contribution in [-0.4, -0.2) is 27.4 Å². The van der Waals surface area contributed by atoms with Gasteiger partial charge in [0.05, 0.1) is 10.9 Å². The number of hydrogen-bond acceptors (Lipinski definition) is 6. The van der Waals surface area contributed by atoms with Crippen molar-refractivity contribution in [1.82, 2.24) is 15.0 Å². The van der Waals surface area contributed by atoms with Crippen LogP contribution in [0, 0.1) is 5.92 Å². The molecule has 0 radical (unpaired) electrons. The van der Waals surface area contributed by atoms with Crippen molar-refractivity contribution in [3.8, 4) is 22.5 Å². The first-order valence-corrected chi connectivity index (χ1v) is 11.5. The van der Waals surface area contributed by atoms with E-state index < -0.39 is 0 Å². The Bertz CT molecular complexity index is 1450. The molecule has 3 aromatic heterocycles. The van der Waals surface area contributed by atoms with E-state index in [2.05, 4.69) is 51.6 Å². The van der Waals surface area contributed by atoms with Gasteiger partial charge in [-0.1, -0.05) is 44.2 Å². The van der Waals surface area contributed by atoms with Crippen molar-refractivity contribution < 1.29 is 9.21 Å². The van der Waals surface area contributed by atoms with Crippen molar-refractivity contribution in [1.29, 1.82) is 0 Å². The third-order valence-corrected chi connectivity index (χ3v) is 5.56. The number of nitrogens with zero attached hydrogens (tertiary/aromatic N) is 3. The molecule has 0 aliphatic rings. The number of benzene rings is 2. The van der Waals surface area contributed by atoms with Crippen molar-refractivity contribution in [3.63, 3.8) is 0 Å². The first-order chi connectivity index (χ1) is 17.1.